The molecule has 6 heteroatoms. The first-order valence-corrected chi connectivity index (χ1v) is 8.13. The minimum absolute atomic E-state index is 0.00189. The summed E-state index contributed by atoms with van der Waals surface area (Å²) in [5.41, 5.74) is 0. The van der Waals surface area contributed by atoms with Crippen molar-refractivity contribution < 1.29 is 13.2 Å². The summed E-state index contributed by atoms with van der Waals surface area (Å²) in [4.78, 5) is 13.8. The lowest BCUT2D eigenvalue weighted by Crippen LogP contribution is -2.45. The maximum atomic E-state index is 12.5. The quantitative estimate of drug-likeness (QED) is 0.841. The molecule has 20 heavy (non-hydrogen) atoms. The molecule has 0 aromatic heterocycles. The van der Waals surface area contributed by atoms with Gasteiger partial charge in [0.15, 0.2) is 0 Å². The average molecular weight is 296 g/mol. The van der Waals surface area contributed by atoms with Crippen molar-refractivity contribution >= 4 is 15.9 Å². The van der Waals surface area contributed by atoms with Crippen LogP contribution in [0.5, 0.6) is 0 Å². The minimum Gasteiger partial charge on any atom is -0.349 e. The van der Waals surface area contributed by atoms with Crippen molar-refractivity contribution in [1.82, 2.24) is 9.21 Å². The van der Waals surface area contributed by atoms with E-state index in [4.69, 9.17) is 0 Å². The Morgan fingerprint density at radius 3 is 2.50 bits per heavy atom. The molecule has 110 valence electrons. The second-order valence-corrected chi connectivity index (χ2v) is 7.19. The highest BCUT2D eigenvalue weighted by Crippen LogP contribution is 2.24. The van der Waals surface area contributed by atoms with Crippen LogP contribution >= 0.6 is 0 Å². The Hall–Kier alpha value is -1.40. The van der Waals surface area contributed by atoms with Crippen molar-refractivity contribution in [2.24, 2.45) is 5.92 Å². The number of piperidine rings is 1. The monoisotopic (exact) mass is 296 g/mol. The van der Waals surface area contributed by atoms with Gasteiger partial charge in [-0.05, 0) is 25.0 Å². The van der Waals surface area contributed by atoms with E-state index in [2.05, 4.69) is 0 Å². The summed E-state index contributed by atoms with van der Waals surface area (Å²) in [6, 6.07) is 8.38. The highest BCUT2D eigenvalue weighted by molar-refractivity contribution is 7.89. The van der Waals surface area contributed by atoms with Gasteiger partial charge >= 0.3 is 0 Å². The molecular weight excluding hydrogens is 276 g/mol. The smallest absolute Gasteiger partial charge is 0.243 e. The number of sulfonamides is 1. The van der Waals surface area contributed by atoms with E-state index in [0.717, 1.165) is 12.8 Å². The second-order valence-electron chi connectivity index (χ2n) is 5.25. The molecule has 1 heterocycles. The molecule has 2 rings (SSSR count). The van der Waals surface area contributed by atoms with E-state index in [1.165, 1.54) is 9.21 Å². The van der Waals surface area contributed by atoms with Crippen LogP contribution in [0.25, 0.3) is 0 Å². The first-order valence-electron chi connectivity index (χ1n) is 6.69. The molecule has 1 amide bonds. The predicted octanol–water partition coefficient (Wildman–Crippen LogP) is 1.18. The molecule has 0 bridgehead atoms. The fourth-order valence-corrected chi connectivity index (χ4v) is 4.01. The van der Waals surface area contributed by atoms with Crippen LogP contribution in [-0.2, 0) is 14.8 Å². The summed E-state index contributed by atoms with van der Waals surface area (Å²) in [6.45, 7) is 0.753. The summed E-state index contributed by atoms with van der Waals surface area (Å²) in [5, 5.41) is 0. The van der Waals surface area contributed by atoms with Crippen molar-refractivity contribution in [2.45, 2.75) is 17.7 Å². The van der Waals surface area contributed by atoms with E-state index < -0.39 is 10.0 Å². The van der Waals surface area contributed by atoms with Crippen molar-refractivity contribution in [2.75, 3.05) is 27.2 Å². The van der Waals surface area contributed by atoms with E-state index in [0.29, 0.717) is 6.54 Å². The standard InChI is InChI=1S/C14H20N2O3S/c1-15(2)14(17)12-7-6-10-16(11-12)20(18,19)13-8-4-3-5-9-13/h3-5,8-9,12H,6-7,10-11H2,1-2H3/t12-/m0/s1. The van der Waals surface area contributed by atoms with Crippen molar-refractivity contribution in [1.29, 1.82) is 0 Å². The van der Waals surface area contributed by atoms with Crippen LogP contribution in [0.1, 0.15) is 12.8 Å². The van der Waals surface area contributed by atoms with Gasteiger partial charge in [0.25, 0.3) is 0 Å². The third-order valence-corrected chi connectivity index (χ3v) is 5.43. The van der Waals surface area contributed by atoms with Gasteiger partial charge < -0.3 is 4.90 Å². The highest BCUT2D eigenvalue weighted by atomic mass is 32.2. The summed E-state index contributed by atoms with van der Waals surface area (Å²) in [5.74, 6) is -0.241. The first-order chi connectivity index (χ1) is 9.43. The number of amides is 1. The Bertz CT molecular complexity index is 569. The summed E-state index contributed by atoms with van der Waals surface area (Å²) < 4.78 is 26.5. The summed E-state index contributed by atoms with van der Waals surface area (Å²) >= 11 is 0. The molecular formula is C14H20N2O3S. The third-order valence-electron chi connectivity index (χ3n) is 3.56. The maximum absolute atomic E-state index is 12.5. The summed E-state index contributed by atoms with van der Waals surface area (Å²) in [6.07, 6.45) is 1.47. The second kappa shape index (κ2) is 5.93. The zero-order valence-corrected chi connectivity index (χ0v) is 12.6. The van der Waals surface area contributed by atoms with Crippen LogP contribution in [0.15, 0.2) is 35.2 Å². The number of hydrogen-bond acceptors (Lipinski definition) is 3. The van der Waals surface area contributed by atoms with Gasteiger partial charge in [-0.3, -0.25) is 4.79 Å². The number of hydrogen-bond donors (Lipinski definition) is 0. The SMILES string of the molecule is CN(C)C(=O)[C@H]1CCCN(S(=O)(=O)c2ccccc2)C1. The average Bonchev–Trinajstić information content (AvgIpc) is 2.47. The van der Waals surface area contributed by atoms with E-state index in [1.807, 2.05) is 0 Å². The van der Waals surface area contributed by atoms with Crippen molar-refractivity contribution in [3.05, 3.63) is 30.3 Å². The molecule has 0 spiro atoms. The van der Waals surface area contributed by atoms with Gasteiger partial charge in [-0.25, -0.2) is 8.42 Å². The normalized spacial score (nSPS) is 20.6. The zero-order chi connectivity index (χ0) is 14.8. The zero-order valence-electron chi connectivity index (χ0n) is 11.8. The van der Waals surface area contributed by atoms with Gasteiger partial charge in [-0.1, -0.05) is 18.2 Å². The molecule has 1 atom stereocenters. The number of carbonyl (C=O) groups excluding carboxylic acids is 1. The van der Waals surface area contributed by atoms with Crippen LogP contribution in [-0.4, -0.2) is 50.7 Å². The molecule has 0 unspecified atom stereocenters. The molecule has 1 aromatic rings. The Morgan fingerprint density at radius 2 is 1.90 bits per heavy atom. The Morgan fingerprint density at radius 1 is 1.25 bits per heavy atom. The molecule has 1 aromatic carbocycles. The maximum Gasteiger partial charge on any atom is 0.243 e. The van der Waals surface area contributed by atoms with Crippen LogP contribution < -0.4 is 0 Å². The molecule has 0 aliphatic carbocycles. The lowest BCUT2D eigenvalue weighted by Gasteiger charge is -2.32. The van der Waals surface area contributed by atoms with Crippen LogP contribution in [0.4, 0.5) is 0 Å². The number of rotatable bonds is 3. The predicted molar refractivity (Wildman–Crippen MR) is 76.6 cm³/mol. The molecule has 0 saturated carbocycles. The van der Waals surface area contributed by atoms with E-state index in [1.54, 1.807) is 44.4 Å². The van der Waals surface area contributed by atoms with Crippen LogP contribution in [0.2, 0.25) is 0 Å². The molecule has 5 nitrogen and oxygen atoms in total. The fraction of sp³-hybridized carbons (Fsp3) is 0.500. The van der Waals surface area contributed by atoms with Crippen LogP contribution in [0.3, 0.4) is 0 Å². The molecule has 0 N–H and O–H groups in total. The lowest BCUT2D eigenvalue weighted by atomic mass is 9.98. The van der Waals surface area contributed by atoms with Crippen molar-refractivity contribution in [3.63, 3.8) is 0 Å². The molecule has 1 aliphatic heterocycles. The van der Waals surface area contributed by atoms with Crippen molar-refractivity contribution in [3.8, 4) is 0 Å². The number of carbonyl (C=O) groups is 1. The highest BCUT2D eigenvalue weighted by Gasteiger charge is 2.33. The van der Waals surface area contributed by atoms with Crippen LogP contribution in [0, 0.1) is 5.92 Å². The minimum atomic E-state index is -3.49. The lowest BCUT2D eigenvalue weighted by molar-refractivity contribution is -0.134. The summed E-state index contributed by atoms with van der Waals surface area (Å²) in [7, 11) is -0.0889. The Balaban J connectivity index is 2.19. The number of benzene rings is 1. The van der Waals surface area contributed by atoms with Gasteiger partial charge in [-0.2, -0.15) is 4.31 Å². The molecule has 1 aliphatic rings. The van der Waals surface area contributed by atoms with E-state index in [-0.39, 0.29) is 23.3 Å². The van der Waals surface area contributed by atoms with E-state index in [9.17, 15) is 13.2 Å². The number of nitrogens with zero attached hydrogens (tertiary/aromatic N) is 2. The van der Waals surface area contributed by atoms with Gasteiger partial charge in [0.05, 0.1) is 10.8 Å². The van der Waals surface area contributed by atoms with Gasteiger partial charge in [0.2, 0.25) is 15.9 Å². The fourth-order valence-electron chi connectivity index (χ4n) is 2.47. The molecule has 0 radical (unpaired) electrons. The third kappa shape index (κ3) is 3.02. The van der Waals surface area contributed by atoms with E-state index >= 15 is 0 Å². The Kier molecular flexibility index (Phi) is 4.45. The molecule has 1 fully saturated rings. The topological polar surface area (TPSA) is 57.7 Å². The first kappa shape index (κ1) is 15.0. The Labute approximate surface area is 120 Å². The largest absolute Gasteiger partial charge is 0.349 e. The molecule has 1 saturated heterocycles. The van der Waals surface area contributed by atoms with Gasteiger partial charge in [0.1, 0.15) is 0 Å². The van der Waals surface area contributed by atoms with Gasteiger partial charge in [0, 0.05) is 27.2 Å². The van der Waals surface area contributed by atoms with Gasteiger partial charge in [-0.15, -0.1) is 0 Å².